The molecule has 7 heteroatoms. The summed E-state index contributed by atoms with van der Waals surface area (Å²) in [5, 5.41) is 12.8. The summed E-state index contributed by atoms with van der Waals surface area (Å²) < 4.78 is 13.0. The summed E-state index contributed by atoms with van der Waals surface area (Å²) in [6, 6.07) is 0.719. The number of benzene rings is 1. The highest BCUT2D eigenvalue weighted by Gasteiger charge is 2.33. The van der Waals surface area contributed by atoms with Crippen molar-refractivity contribution in [1.82, 2.24) is 0 Å². The summed E-state index contributed by atoms with van der Waals surface area (Å²) in [7, 11) is 0. The van der Waals surface area contributed by atoms with Gasteiger partial charge in [-0.2, -0.15) is 0 Å². The molecule has 6 nitrogen and oxygen atoms in total. The van der Waals surface area contributed by atoms with Gasteiger partial charge in [0.15, 0.2) is 0 Å². The first kappa shape index (κ1) is 9.53. The molecule has 1 aliphatic rings. The molecule has 1 amide bonds. The first-order valence-corrected chi connectivity index (χ1v) is 4.05. The summed E-state index contributed by atoms with van der Waals surface area (Å²) in [6.45, 7) is 0. The van der Waals surface area contributed by atoms with Crippen molar-refractivity contribution in [3.8, 4) is 0 Å². The van der Waals surface area contributed by atoms with Crippen LogP contribution in [0.5, 0.6) is 0 Å². The number of nitrogens with two attached hydrogens (primary N) is 1. The van der Waals surface area contributed by atoms with E-state index in [-0.39, 0.29) is 11.3 Å². The maximum Gasteiger partial charge on any atom is 0.296 e. The number of nitro groups is 1. The molecule has 1 heterocycles. The summed E-state index contributed by atoms with van der Waals surface area (Å²) in [5.41, 5.74) is 5.05. The molecular formula is C8H6FN3O3. The van der Waals surface area contributed by atoms with Crippen molar-refractivity contribution in [2.24, 2.45) is 5.73 Å². The Balaban J connectivity index is 2.67. The van der Waals surface area contributed by atoms with Gasteiger partial charge in [0.2, 0.25) is 5.91 Å². The van der Waals surface area contributed by atoms with E-state index in [0.717, 1.165) is 12.1 Å². The number of anilines is 1. The molecule has 1 unspecified atom stereocenters. The minimum Gasteiger partial charge on any atom is -0.318 e. The number of rotatable bonds is 1. The summed E-state index contributed by atoms with van der Waals surface area (Å²) in [5.74, 6) is -1.36. The standard InChI is InChI=1S/C8H6FN3O3/c9-3-1-4-6(10)8(13)11-7(4)5(2-3)12(14)15/h1-2,6H,10H2,(H,11,13). The third kappa shape index (κ3) is 1.33. The summed E-state index contributed by atoms with van der Waals surface area (Å²) in [6.07, 6.45) is 0. The molecule has 1 aromatic rings. The number of fused-ring (bicyclic) bond motifs is 1. The highest BCUT2D eigenvalue weighted by molar-refractivity contribution is 6.04. The Hall–Kier alpha value is -2.02. The van der Waals surface area contributed by atoms with Crippen LogP contribution in [0.25, 0.3) is 0 Å². The van der Waals surface area contributed by atoms with Crippen molar-refractivity contribution in [2.45, 2.75) is 6.04 Å². The number of carbonyl (C=O) groups excluding carboxylic acids is 1. The highest BCUT2D eigenvalue weighted by Crippen LogP contribution is 2.37. The van der Waals surface area contributed by atoms with Crippen LogP contribution in [0.15, 0.2) is 12.1 Å². The quantitative estimate of drug-likeness (QED) is 0.527. The molecule has 78 valence electrons. The van der Waals surface area contributed by atoms with E-state index in [9.17, 15) is 19.3 Å². The molecule has 0 spiro atoms. The fourth-order valence-electron chi connectivity index (χ4n) is 1.48. The zero-order valence-electron chi connectivity index (χ0n) is 7.36. The van der Waals surface area contributed by atoms with Gasteiger partial charge < -0.3 is 11.1 Å². The van der Waals surface area contributed by atoms with Crippen LogP contribution in [-0.2, 0) is 4.79 Å². The van der Waals surface area contributed by atoms with E-state index in [1.807, 2.05) is 0 Å². The van der Waals surface area contributed by atoms with Gasteiger partial charge >= 0.3 is 0 Å². The van der Waals surface area contributed by atoms with Gasteiger partial charge in [-0.1, -0.05) is 0 Å². The minimum absolute atomic E-state index is 0.0149. The Labute approximate surface area is 83.0 Å². The number of amides is 1. The Morgan fingerprint density at radius 2 is 2.20 bits per heavy atom. The molecule has 0 fully saturated rings. The van der Waals surface area contributed by atoms with Crippen LogP contribution < -0.4 is 11.1 Å². The third-order valence-corrected chi connectivity index (χ3v) is 2.18. The lowest BCUT2D eigenvalue weighted by Gasteiger charge is -2.01. The second-order valence-corrected chi connectivity index (χ2v) is 3.11. The number of hydrogen-bond acceptors (Lipinski definition) is 4. The predicted octanol–water partition coefficient (Wildman–Crippen LogP) is 0.686. The van der Waals surface area contributed by atoms with Gasteiger partial charge in [0.05, 0.1) is 11.0 Å². The molecule has 1 atom stereocenters. The van der Waals surface area contributed by atoms with Crippen molar-refractivity contribution in [3.63, 3.8) is 0 Å². The van der Waals surface area contributed by atoms with E-state index in [4.69, 9.17) is 5.73 Å². The fourth-order valence-corrected chi connectivity index (χ4v) is 1.48. The summed E-state index contributed by atoms with van der Waals surface area (Å²) in [4.78, 5) is 20.9. The van der Waals surface area contributed by atoms with Gasteiger partial charge in [0.1, 0.15) is 17.5 Å². The fraction of sp³-hybridized carbons (Fsp3) is 0.125. The Morgan fingerprint density at radius 1 is 1.53 bits per heavy atom. The first-order chi connectivity index (χ1) is 7.00. The Kier molecular flexibility index (Phi) is 1.90. The normalized spacial score (nSPS) is 18.5. The van der Waals surface area contributed by atoms with Crippen LogP contribution in [0.4, 0.5) is 15.8 Å². The van der Waals surface area contributed by atoms with E-state index in [0.29, 0.717) is 0 Å². The molecule has 1 aliphatic heterocycles. The lowest BCUT2D eigenvalue weighted by molar-refractivity contribution is -0.384. The smallest absolute Gasteiger partial charge is 0.296 e. The van der Waals surface area contributed by atoms with Crippen LogP contribution in [0.2, 0.25) is 0 Å². The van der Waals surface area contributed by atoms with Gasteiger partial charge in [-0.05, 0) is 6.07 Å². The van der Waals surface area contributed by atoms with E-state index < -0.39 is 28.4 Å². The highest BCUT2D eigenvalue weighted by atomic mass is 19.1. The monoisotopic (exact) mass is 211 g/mol. The second-order valence-electron chi connectivity index (χ2n) is 3.11. The summed E-state index contributed by atoms with van der Waals surface area (Å²) >= 11 is 0. The van der Waals surface area contributed by atoms with Crippen LogP contribution >= 0.6 is 0 Å². The third-order valence-electron chi connectivity index (χ3n) is 2.18. The molecule has 15 heavy (non-hydrogen) atoms. The predicted molar refractivity (Wildman–Crippen MR) is 48.6 cm³/mol. The topological polar surface area (TPSA) is 98.3 Å². The van der Waals surface area contributed by atoms with Gasteiger partial charge in [0, 0.05) is 5.56 Å². The molecule has 0 aromatic heterocycles. The SMILES string of the molecule is NC1C(=O)Nc2c1cc(F)cc2[N+](=O)[O-]. The van der Waals surface area contributed by atoms with Crippen molar-refractivity contribution < 1.29 is 14.1 Å². The van der Waals surface area contributed by atoms with Gasteiger partial charge in [-0.15, -0.1) is 0 Å². The van der Waals surface area contributed by atoms with Gasteiger partial charge in [-0.3, -0.25) is 14.9 Å². The van der Waals surface area contributed by atoms with Crippen molar-refractivity contribution in [1.29, 1.82) is 0 Å². The molecule has 2 rings (SSSR count). The molecule has 0 bridgehead atoms. The number of nitrogens with one attached hydrogen (secondary N) is 1. The first-order valence-electron chi connectivity index (χ1n) is 4.05. The van der Waals surface area contributed by atoms with Gasteiger partial charge in [0.25, 0.3) is 5.69 Å². The van der Waals surface area contributed by atoms with Crippen LogP contribution in [0.3, 0.4) is 0 Å². The maximum atomic E-state index is 13.0. The average molecular weight is 211 g/mol. The molecule has 0 saturated heterocycles. The van der Waals surface area contributed by atoms with Crippen LogP contribution in [-0.4, -0.2) is 10.8 Å². The largest absolute Gasteiger partial charge is 0.318 e. The number of carbonyl (C=O) groups is 1. The lowest BCUT2D eigenvalue weighted by atomic mass is 10.1. The average Bonchev–Trinajstić information content (AvgIpc) is 2.43. The second kappa shape index (κ2) is 2.99. The zero-order valence-corrected chi connectivity index (χ0v) is 7.36. The molecule has 0 aliphatic carbocycles. The minimum atomic E-state index is -1.05. The van der Waals surface area contributed by atoms with Crippen LogP contribution in [0.1, 0.15) is 11.6 Å². The van der Waals surface area contributed by atoms with Crippen molar-refractivity contribution in [3.05, 3.63) is 33.6 Å². The molecule has 0 radical (unpaired) electrons. The lowest BCUT2D eigenvalue weighted by Crippen LogP contribution is -2.19. The van der Waals surface area contributed by atoms with E-state index in [1.165, 1.54) is 0 Å². The molecule has 3 N–H and O–H groups in total. The molecular weight excluding hydrogens is 205 g/mol. The molecule has 0 saturated carbocycles. The number of nitro benzene ring substituents is 1. The number of halogens is 1. The zero-order chi connectivity index (χ0) is 11.2. The number of hydrogen-bond donors (Lipinski definition) is 2. The molecule has 1 aromatic carbocycles. The van der Waals surface area contributed by atoms with Crippen molar-refractivity contribution in [2.75, 3.05) is 5.32 Å². The van der Waals surface area contributed by atoms with E-state index in [2.05, 4.69) is 5.32 Å². The van der Waals surface area contributed by atoms with Gasteiger partial charge in [-0.25, -0.2) is 4.39 Å². The number of nitrogens with zero attached hydrogens (tertiary/aromatic N) is 1. The van der Waals surface area contributed by atoms with E-state index >= 15 is 0 Å². The maximum absolute atomic E-state index is 13.0. The van der Waals surface area contributed by atoms with E-state index in [1.54, 1.807) is 0 Å². The van der Waals surface area contributed by atoms with Crippen LogP contribution in [0, 0.1) is 15.9 Å². The van der Waals surface area contributed by atoms with Crippen molar-refractivity contribution >= 4 is 17.3 Å². The Bertz CT molecular complexity index is 474. The Morgan fingerprint density at radius 3 is 2.80 bits per heavy atom.